The van der Waals surface area contributed by atoms with Crippen LogP contribution in [0.25, 0.3) is 0 Å². The van der Waals surface area contributed by atoms with Crippen molar-refractivity contribution >= 4 is 0 Å². The third-order valence-corrected chi connectivity index (χ3v) is 3.20. The van der Waals surface area contributed by atoms with E-state index in [0.717, 1.165) is 23.6 Å². The van der Waals surface area contributed by atoms with E-state index in [1.807, 2.05) is 19.1 Å². The highest BCUT2D eigenvalue weighted by Gasteiger charge is 2.10. The van der Waals surface area contributed by atoms with Crippen molar-refractivity contribution in [2.45, 2.75) is 52.6 Å². The summed E-state index contributed by atoms with van der Waals surface area (Å²) in [6, 6.07) is 6.58. The molecule has 0 heterocycles. The van der Waals surface area contributed by atoms with E-state index in [2.05, 4.69) is 25.2 Å². The maximum absolute atomic E-state index is 5.59. The van der Waals surface area contributed by atoms with E-state index in [4.69, 9.17) is 9.47 Å². The Labute approximate surface area is 117 Å². The minimum atomic E-state index is 0.528. The van der Waals surface area contributed by atoms with Crippen LogP contribution in [0.3, 0.4) is 0 Å². The van der Waals surface area contributed by atoms with Gasteiger partial charge in [-0.05, 0) is 26.3 Å². The lowest BCUT2D eigenvalue weighted by Gasteiger charge is -2.17. The van der Waals surface area contributed by atoms with Crippen LogP contribution in [0.15, 0.2) is 18.2 Å². The third kappa shape index (κ3) is 5.11. The Morgan fingerprint density at radius 2 is 2.05 bits per heavy atom. The van der Waals surface area contributed by atoms with Crippen LogP contribution in [0.2, 0.25) is 0 Å². The van der Waals surface area contributed by atoms with E-state index in [-0.39, 0.29) is 0 Å². The standard InChI is InChI=1S/C16H27NO2/c1-5-7-9-13(3)17-12-14-10-8-11-15(19-6-2)16(14)18-4/h8,10-11,13,17H,5-7,9,12H2,1-4H3. The molecule has 1 unspecified atom stereocenters. The van der Waals surface area contributed by atoms with Crippen LogP contribution in [0.4, 0.5) is 0 Å². The fourth-order valence-corrected chi connectivity index (χ4v) is 2.10. The lowest BCUT2D eigenvalue weighted by atomic mass is 10.1. The fraction of sp³-hybridized carbons (Fsp3) is 0.625. The van der Waals surface area contributed by atoms with Gasteiger partial charge in [0.1, 0.15) is 0 Å². The van der Waals surface area contributed by atoms with Gasteiger partial charge < -0.3 is 14.8 Å². The van der Waals surface area contributed by atoms with Crippen LogP contribution < -0.4 is 14.8 Å². The van der Waals surface area contributed by atoms with Crippen LogP contribution in [0, 0.1) is 0 Å². The van der Waals surface area contributed by atoms with Crippen LogP contribution in [0.1, 0.15) is 45.6 Å². The highest BCUT2D eigenvalue weighted by molar-refractivity contribution is 5.46. The Morgan fingerprint density at radius 3 is 2.68 bits per heavy atom. The molecule has 1 aromatic carbocycles. The van der Waals surface area contributed by atoms with Crippen molar-refractivity contribution in [1.29, 1.82) is 0 Å². The molecule has 0 amide bonds. The SMILES string of the molecule is CCCCC(C)NCc1cccc(OCC)c1OC. The molecular weight excluding hydrogens is 238 g/mol. The molecule has 0 radical (unpaired) electrons. The second-order valence-electron chi connectivity index (χ2n) is 4.81. The zero-order valence-electron chi connectivity index (χ0n) is 12.7. The van der Waals surface area contributed by atoms with Crippen LogP contribution in [0.5, 0.6) is 11.5 Å². The number of nitrogens with one attached hydrogen (secondary N) is 1. The van der Waals surface area contributed by atoms with Gasteiger partial charge in [-0.15, -0.1) is 0 Å². The number of rotatable bonds is 9. The highest BCUT2D eigenvalue weighted by atomic mass is 16.5. The fourth-order valence-electron chi connectivity index (χ4n) is 2.10. The Morgan fingerprint density at radius 1 is 1.26 bits per heavy atom. The molecule has 0 bridgehead atoms. The van der Waals surface area contributed by atoms with Gasteiger partial charge in [-0.1, -0.05) is 31.9 Å². The van der Waals surface area contributed by atoms with Crippen molar-refractivity contribution in [3.63, 3.8) is 0 Å². The Bertz CT molecular complexity index is 366. The second kappa shape index (κ2) is 8.81. The van der Waals surface area contributed by atoms with Gasteiger partial charge in [-0.3, -0.25) is 0 Å². The average molecular weight is 265 g/mol. The summed E-state index contributed by atoms with van der Waals surface area (Å²) in [5.74, 6) is 1.67. The van der Waals surface area contributed by atoms with Crippen LogP contribution >= 0.6 is 0 Å². The average Bonchev–Trinajstić information content (AvgIpc) is 2.43. The Hall–Kier alpha value is -1.22. The van der Waals surface area contributed by atoms with Crippen molar-refractivity contribution in [3.05, 3.63) is 23.8 Å². The highest BCUT2D eigenvalue weighted by Crippen LogP contribution is 2.31. The molecule has 0 aliphatic carbocycles. The molecule has 3 nitrogen and oxygen atoms in total. The first kappa shape index (κ1) is 15.8. The number of unbranched alkanes of at least 4 members (excludes halogenated alkanes) is 1. The van der Waals surface area contributed by atoms with E-state index >= 15 is 0 Å². The molecule has 0 aromatic heterocycles. The van der Waals surface area contributed by atoms with Crippen LogP contribution in [-0.2, 0) is 6.54 Å². The van der Waals surface area contributed by atoms with Gasteiger partial charge in [0.25, 0.3) is 0 Å². The summed E-state index contributed by atoms with van der Waals surface area (Å²) in [6.45, 7) is 7.90. The predicted molar refractivity (Wildman–Crippen MR) is 80.0 cm³/mol. The van der Waals surface area contributed by atoms with E-state index in [1.165, 1.54) is 19.3 Å². The summed E-state index contributed by atoms with van der Waals surface area (Å²) in [5.41, 5.74) is 1.15. The molecule has 0 spiro atoms. The second-order valence-corrected chi connectivity index (χ2v) is 4.81. The van der Waals surface area contributed by atoms with E-state index in [9.17, 15) is 0 Å². The van der Waals surface area contributed by atoms with Gasteiger partial charge in [0.15, 0.2) is 11.5 Å². The maximum Gasteiger partial charge on any atom is 0.165 e. The summed E-state index contributed by atoms with van der Waals surface area (Å²) < 4.78 is 11.1. The molecule has 0 aliphatic rings. The molecule has 0 fully saturated rings. The summed E-state index contributed by atoms with van der Waals surface area (Å²) in [6.07, 6.45) is 3.73. The molecular formula is C16H27NO2. The lowest BCUT2D eigenvalue weighted by molar-refractivity contribution is 0.308. The summed E-state index contributed by atoms with van der Waals surface area (Å²) in [7, 11) is 1.70. The van der Waals surface area contributed by atoms with Gasteiger partial charge in [-0.25, -0.2) is 0 Å². The van der Waals surface area contributed by atoms with Crippen molar-refractivity contribution in [1.82, 2.24) is 5.32 Å². The van der Waals surface area contributed by atoms with E-state index < -0.39 is 0 Å². The van der Waals surface area contributed by atoms with Crippen molar-refractivity contribution in [2.75, 3.05) is 13.7 Å². The van der Waals surface area contributed by atoms with Gasteiger partial charge in [-0.2, -0.15) is 0 Å². The smallest absolute Gasteiger partial charge is 0.165 e. The topological polar surface area (TPSA) is 30.5 Å². The number of hydrogen-bond donors (Lipinski definition) is 1. The number of benzene rings is 1. The summed E-state index contributed by atoms with van der Waals surface area (Å²) in [5, 5.41) is 3.54. The Balaban J connectivity index is 2.64. The molecule has 0 saturated heterocycles. The van der Waals surface area contributed by atoms with Gasteiger partial charge >= 0.3 is 0 Å². The molecule has 1 N–H and O–H groups in total. The summed E-state index contributed by atoms with van der Waals surface area (Å²) in [4.78, 5) is 0. The van der Waals surface area contributed by atoms with E-state index in [0.29, 0.717) is 12.6 Å². The Kier molecular flexibility index (Phi) is 7.34. The zero-order valence-corrected chi connectivity index (χ0v) is 12.7. The molecule has 0 saturated carbocycles. The van der Waals surface area contributed by atoms with Crippen molar-refractivity contribution in [3.8, 4) is 11.5 Å². The van der Waals surface area contributed by atoms with Crippen molar-refractivity contribution < 1.29 is 9.47 Å². The molecule has 0 aliphatic heterocycles. The first-order valence-electron chi connectivity index (χ1n) is 7.24. The number of methoxy groups -OCH3 is 1. The normalized spacial score (nSPS) is 12.2. The van der Waals surface area contributed by atoms with Gasteiger partial charge in [0.05, 0.1) is 13.7 Å². The predicted octanol–water partition coefficient (Wildman–Crippen LogP) is 3.76. The third-order valence-electron chi connectivity index (χ3n) is 3.20. The maximum atomic E-state index is 5.59. The number of hydrogen-bond acceptors (Lipinski definition) is 3. The molecule has 1 atom stereocenters. The number of para-hydroxylation sites is 1. The molecule has 3 heteroatoms. The first-order chi connectivity index (χ1) is 9.22. The quantitative estimate of drug-likeness (QED) is 0.737. The first-order valence-corrected chi connectivity index (χ1v) is 7.24. The molecule has 19 heavy (non-hydrogen) atoms. The molecule has 1 aromatic rings. The molecule has 108 valence electrons. The van der Waals surface area contributed by atoms with E-state index in [1.54, 1.807) is 7.11 Å². The largest absolute Gasteiger partial charge is 0.493 e. The van der Waals surface area contributed by atoms with Crippen molar-refractivity contribution in [2.24, 2.45) is 0 Å². The zero-order chi connectivity index (χ0) is 14.1. The molecule has 1 rings (SSSR count). The minimum Gasteiger partial charge on any atom is -0.493 e. The number of ether oxygens (including phenoxy) is 2. The lowest BCUT2D eigenvalue weighted by Crippen LogP contribution is -2.25. The van der Waals surface area contributed by atoms with Gasteiger partial charge in [0, 0.05) is 18.2 Å². The van der Waals surface area contributed by atoms with Crippen LogP contribution in [-0.4, -0.2) is 19.8 Å². The summed E-state index contributed by atoms with van der Waals surface area (Å²) >= 11 is 0. The monoisotopic (exact) mass is 265 g/mol. The van der Waals surface area contributed by atoms with Gasteiger partial charge in [0.2, 0.25) is 0 Å². The minimum absolute atomic E-state index is 0.528.